The predicted molar refractivity (Wildman–Crippen MR) is 141 cm³/mol. The molecule has 2 aromatic carbocycles. The molecule has 32 heavy (non-hydrogen) atoms. The summed E-state index contributed by atoms with van der Waals surface area (Å²) < 4.78 is 0. The van der Waals surface area contributed by atoms with E-state index in [4.69, 9.17) is 5.73 Å². The Morgan fingerprint density at radius 3 is 2.12 bits per heavy atom. The first-order valence-corrected chi connectivity index (χ1v) is 12.2. The van der Waals surface area contributed by atoms with Gasteiger partial charge in [0.15, 0.2) is 0 Å². The third-order valence-corrected chi connectivity index (χ3v) is 5.77. The molecule has 0 unspecified atom stereocenters. The standard InChI is InChI=1S/C29H45N3/c1-23(2)18-19-32(22-29(5,6)31-21-27(30)20-24(3)4)28-16-14-26(15-17-28)13-12-25-10-8-7-9-11-25/h7-11,14-18,24,27,31H,12-13,19-22,30H2,1-6H3/t27-/m0/s1. The van der Waals surface area contributed by atoms with Crippen LogP contribution in [0.5, 0.6) is 0 Å². The van der Waals surface area contributed by atoms with E-state index in [1.165, 1.54) is 22.4 Å². The first-order valence-electron chi connectivity index (χ1n) is 12.2. The zero-order valence-corrected chi connectivity index (χ0v) is 21.2. The molecule has 0 aliphatic carbocycles. The Labute approximate surface area is 197 Å². The predicted octanol–water partition coefficient (Wildman–Crippen LogP) is 5.99. The summed E-state index contributed by atoms with van der Waals surface area (Å²) in [5.74, 6) is 0.629. The van der Waals surface area contributed by atoms with Gasteiger partial charge in [-0.25, -0.2) is 0 Å². The summed E-state index contributed by atoms with van der Waals surface area (Å²) in [7, 11) is 0. The molecule has 3 nitrogen and oxygen atoms in total. The van der Waals surface area contributed by atoms with E-state index in [-0.39, 0.29) is 11.6 Å². The normalized spacial score (nSPS) is 12.6. The van der Waals surface area contributed by atoms with Gasteiger partial charge in [-0.3, -0.25) is 0 Å². The van der Waals surface area contributed by atoms with Gasteiger partial charge in [-0.2, -0.15) is 0 Å². The lowest BCUT2D eigenvalue weighted by molar-refractivity contribution is 0.358. The molecule has 0 amide bonds. The van der Waals surface area contributed by atoms with Crippen LogP contribution in [0.2, 0.25) is 0 Å². The average molecular weight is 436 g/mol. The Bertz CT molecular complexity index is 802. The number of benzene rings is 2. The molecule has 2 rings (SSSR count). The number of nitrogens with one attached hydrogen (secondary N) is 1. The van der Waals surface area contributed by atoms with E-state index in [0.717, 1.165) is 38.9 Å². The highest BCUT2D eigenvalue weighted by Crippen LogP contribution is 2.20. The summed E-state index contributed by atoms with van der Waals surface area (Å²) in [6.07, 6.45) is 5.51. The first-order chi connectivity index (χ1) is 15.1. The van der Waals surface area contributed by atoms with Gasteiger partial charge in [0.2, 0.25) is 0 Å². The van der Waals surface area contributed by atoms with Crippen LogP contribution in [0.4, 0.5) is 5.69 Å². The molecule has 3 heteroatoms. The van der Waals surface area contributed by atoms with Gasteiger partial charge in [-0.15, -0.1) is 0 Å². The molecule has 0 bridgehead atoms. The van der Waals surface area contributed by atoms with Crippen LogP contribution in [0.25, 0.3) is 0 Å². The Kier molecular flexibility index (Phi) is 10.5. The minimum Gasteiger partial charge on any atom is -0.366 e. The maximum Gasteiger partial charge on any atom is 0.0369 e. The van der Waals surface area contributed by atoms with Crippen molar-refractivity contribution < 1.29 is 0 Å². The monoisotopic (exact) mass is 435 g/mol. The van der Waals surface area contributed by atoms with Crippen molar-refractivity contribution in [1.82, 2.24) is 5.32 Å². The molecule has 0 fully saturated rings. The van der Waals surface area contributed by atoms with E-state index in [9.17, 15) is 0 Å². The fraction of sp³-hybridized carbons (Fsp3) is 0.517. The number of anilines is 1. The summed E-state index contributed by atoms with van der Waals surface area (Å²) in [5, 5.41) is 3.71. The summed E-state index contributed by atoms with van der Waals surface area (Å²) in [4.78, 5) is 2.47. The molecule has 0 aliphatic rings. The smallest absolute Gasteiger partial charge is 0.0369 e. The van der Waals surface area contributed by atoms with Gasteiger partial charge < -0.3 is 16.0 Å². The van der Waals surface area contributed by atoms with Gasteiger partial charge >= 0.3 is 0 Å². The van der Waals surface area contributed by atoms with Gasteiger partial charge in [0.25, 0.3) is 0 Å². The highest BCUT2D eigenvalue weighted by molar-refractivity contribution is 5.49. The maximum atomic E-state index is 6.32. The summed E-state index contributed by atoms with van der Waals surface area (Å²) in [6.45, 7) is 16.0. The van der Waals surface area contributed by atoms with Crippen molar-refractivity contribution in [1.29, 1.82) is 0 Å². The molecule has 176 valence electrons. The summed E-state index contributed by atoms with van der Waals surface area (Å²) in [6, 6.07) is 20.0. The van der Waals surface area contributed by atoms with Crippen molar-refractivity contribution in [3.8, 4) is 0 Å². The van der Waals surface area contributed by atoms with Crippen LogP contribution in [0.3, 0.4) is 0 Å². The fourth-order valence-corrected chi connectivity index (χ4v) is 3.99. The second kappa shape index (κ2) is 12.8. The van der Waals surface area contributed by atoms with E-state index >= 15 is 0 Å². The van der Waals surface area contributed by atoms with Gasteiger partial charge in [-0.1, -0.05) is 68.0 Å². The van der Waals surface area contributed by atoms with E-state index in [2.05, 4.69) is 112 Å². The van der Waals surface area contributed by atoms with Crippen LogP contribution >= 0.6 is 0 Å². The molecule has 2 aromatic rings. The summed E-state index contributed by atoms with van der Waals surface area (Å²) in [5.41, 5.74) is 11.7. The lowest BCUT2D eigenvalue weighted by Crippen LogP contribution is -2.52. The number of nitrogens with two attached hydrogens (primary N) is 1. The topological polar surface area (TPSA) is 41.3 Å². The number of aryl methyl sites for hydroxylation is 2. The van der Waals surface area contributed by atoms with Crippen molar-refractivity contribution in [2.45, 2.75) is 72.4 Å². The number of rotatable bonds is 13. The van der Waals surface area contributed by atoms with Crippen LogP contribution in [0.1, 0.15) is 59.1 Å². The second-order valence-corrected chi connectivity index (χ2v) is 10.5. The van der Waals surface area contributed by atoms with Gasteiger partial charge in [0, 0.05) is 36.9 Å². The molecule has 0 heterocycles. The van der Waals surface area contributed by atoms with Crippen LogP contribution < -0.4 is 16.0 Å². The van der Waals surface area contributed by atoms with Crippen molar-refractivity contribution in [2.75, 3.05) is 24.5 Å². The van der Waals surface area contributed by atoms with Crippen molar-refractivity contribution in [3.63, 3.8) is 0 Å². The van der Waals surface area contributed by atoms with Crippen LogP contribution in [-0.4, -0.2) is 31.2 Å². The quantitative estimate of drug-likeness (QED) is 0.380. The number of nitrogens with zero attached hydrogens (tertiary/aromatic N) is 1. The minimum absolute atomic E-state index is 0.0317. The molecule has 3 N–H and O–H groups in total. The Morgan fingerprint density at radius 1 is 0.969 bits per heavy atom. The lowest BCUT2D eigenvalue weighted by Gasteiger charge is -2.35. The van der Waals surface area contributed by atoms with Gasteiger partial charge in [0.1, 0.15) is 0 Å². The Balaban J connectivity index is 2.02. The minimum atomic E-state index is -0.0317. The highest BCUT2D eigenvalue weighted by Gasteiger charge is 2.22. The van der Waals surface area contributed by atoms with Crippen molar-refractivity contribution in [3.05, 3.63) is 77.4 Å². The van der Waals surface area contributed by atoms with E-state index in [0.29, 0.717) is 5.92 Å². The zero-order chi connectivity index (χ0) is 23.6. The van der Waals surface area contributed by atoms with Crippen LogP contribution in [0.15, 0.2) is 66.2 Å². The van der Waals surface area contributed by atoms with Crippen LogP contribution in [-0.2, 0) is 12.8 Å². The Morgan fingerprint density at radius 2 is 1.56 bits per heavy atom. The van der Waals surface area contributed by atoms with Gasteiger partial charge in [-0.05, 0) is 76.1 Å². The number of allylic oxidation sites excluding steroid dienone is 1. The number of hydrogen-bond donors (Lipinski definition) is 2. The zero-order valence-electron chi connectivity index (χ0n) is 21.2. The largest absolute Gasteiger partial charge is 0.366 e. The number of hydrogen-bond acceptors (Lipinski definition) is 3. The lowest BCUT2D eigenvalue weighted by atomic mass is 10.00. The van der Waals surface area contributed by atoms with Crippen molar-refractivity contribution >= 4 is 5.69 Å². The molecule has 0 saturated heterocycles. The molecular formula is C29H45N3. The van der Waals surface area contributed by atoms with E-state index in [1.807, 2.05) is 0 Å². The fourth-order valence-electron chi connectivity index (χ4n) is 3.99. The van der Waals surface area contributed by atoms with E-state index < -0.39 is 0 Å². The SMILES string of the molecule is CC(C)=CCN(CC(C)(C)NC[C@@H](N)CC(C)C)c1ccc(CCc2ccccc2)cc1. The second-order valence-electron chi connectivity index (χ2n) is 10.5. The maximum absolute atomic E-state index is 6.32. The molecule has 0 spiro atoms. The van der Waals surface area contributed by atoms with Crippen LogP contribution in [0, 0.1) is 5.92 Å². The molecule has 0 radical (unpaired) electrons. The highest BCUT2D eigenvalue weighted by atomic mass is 15.2. The average Bonchev–Trinajstić information content (AvgIpc) is 2.74. The first kappa shape index (κ1) is 26.2. The summed E-state index contributed by atoms with van der Waals surface area (Å²) >= 11 is 0. The third-order valence-electron chi connectivity index (χ3n) is 5.77. The Hall–Kier alpha value is -2.10. The van der Waals surface area contributed by atoms with Crippen molar-refractivity contribution in [2.24, 2.45) is 11.7 Å². The molecule has 0 saturated carbocycles. The van der Waals surface area contributed by atoms with E-state index in [1.54, 1.807) is 0 Å². The molecule has 0 aliphatic heterocycles. The molecular weight excluding hydrogens is 390 g/mol. The third kappa shape index (κ3) is 10.0. The van der Waals surface area contributed by atoms with Gasteiger partial charge in [0.05, 0.1) is 0 Å². The molecule has 1 atom stereocenters. The molecule has 0 aromatic heterocycles.